The van der Waals surface area contributed by atoms with Gasteiger partial charge in [0.25, 0.3) is 5.56 Å². The van der Waals surface area contributed by atoms with Gasteiger partial charge in [-0.15, -0.1) is 45.6 Å². The van der Waals surface area contributed by atoms with Crippen molar-refractivity contribution in [1.29, 1.82) is 0 Å². The lowest BCUT2D eigenvalue weighted by Crippen LogP contribution is -3.00. The summed E-state index contributed by atoms with van der Waals surface area (Å²) in [5.74, 6) is 8.96. The Bertz CT molecular complexity index is 5270. The van der Waals surface area contributed by atoms with Crippen molar-refractivity contribution in [2.24, 2.45) is 0 Å². The van der Waals surface area contributed by atoms with E-state index >= 15 is 0 Å². The van der Waals surface area contributed by atoms with E-state index in [1.54, 1.807) is 49.6 Å². The molecule has 7 aliphatic rings. The minimum absolute atomic E-state index is 0. The van der Waals surface area contributed by atoms with E-state index in [-0.39, 0.29) is 50.2 Å². The molecule has 0 aliphatic carbocycles. The summed E-state index contributed by atoms with van der Waals surface area (Å²) in [7, 11) is 9.74. The number of ether oxygens (including phenoxy) is 12. The highest BCUT2D eigenvalue weighted by Gasteiger charge is 2.39. The normalized spacial score (nSPS) is 14.6. The van der Waals surface area contributed by atoms with Crippen molar-refractivity contribution < 1.29 is 78.6 Å². The maximum absolute atomic E-state index is 13.8. The summed E-state index contributed by atoms with van der Waals surface area (Å²) < 4.78 is 73.2. The zero-order valence-corrected chi connectivity index (χ0v) is 62.8. The van der Waals surface area contributed by atoms with Gasteiger partial charge in [0.05, 0.1) is 93.7 Å². The van der Waals surface area contributed by atoms with Gasteiger partial charge in [0.15, 0.2) is 95.1 Å². The van der Waals surface area contributed by atoms with Crippen LogP contribution in [0.5, 0.6) is 69.0 Å². The Labute approximate surface area is 630 Å². The molecule has 0 saturated heterocycles. The molecule has 18 rings (SSSR count). The van der Waals surface area contributed by atoms with Gasteiger partial charge in [0.1, 0.15) is 5.78 Å². The van der Waals surface area contributed by atoms with Gasteiger partial charge in [-0.1, -0.05) is 40.9 Å². The fourth-order valence-corrected chi connectivity index (χ4v) is 17.1. The Morgan fingerprint density at radius 3 is 1.61 bits per heavy atom. The number of ketones is 1. The molecule has 7 aliphatic heterocycles. The molecule has 20 nitrogen and oxygen atoms in total. The Hall–Kier alpha value is -8.91. The first-order valence-electron chi connectivity index (χ1n) is 32.5. The highest BCUT2D eigenvalue weighted by Crippen LogP contribution is 2.52. The molecule has 0 spiro atoms. The Morgan fingerprint density at radius 2 is 1.07 bits per heavy atom. The predicted molar refractivity (Wildman–Crippen MR) is 394 cm³/mol. The van der Waals surface area contributed by atoms with Gasteiger partial charge in [-0.2, -0.15) is 4.57 Å². The number of Topliss-reactive ketones (excluding diaryl/α,β-unsaturated/α-hetero) is 1. The van der Waals surface area contributed by atoms with Gasteiger partial charge in [0.2, 0.25) is 26.1 Å². The van der Waals surface area contributed by atoms with Crippen molar-refractivity contribution in [3.8, 4) is 91.5 Å². The monoisotopic (exact) mass is 1540 g/mol. The summed E-state index contributed by atoms with van der Waals surface area (Å²) in [5.41, 5.74) is 16.7. The average Bonchev–Trinajstić information content (AvgIpc) is 1.66. The van der Waals surface area contributed by atoms with Gasteiger partial charge in [-0.25, -0.2) is 15.0 Å². The third kappa shape index (κ3) is 13.4. The number of thiazole rings is 3. The summed E-state index contributed by atoms with van der Waals surface area (Å²) in [4.78, 5) is 41.2. The van der Waals surface area contributed by atoms with E-state index in [0.717, 1.165) is 150 Å². The van der Waals surface area contributed by atoms with Crippen molar-refractivity contribution in [3.05, 3.63) is 180 Å². The Balaban J connectivity index is 0.000000123. The third-order valence-electron chi connectivity index (χ3n) is 18.9. The van der Waals surface area contributed by atoms with Crippen LogP contribution in [0.1, 0.15) is 81.0 Å². The number of aryl methyl sites for hydroxylation is 3. The number of alkyl halides is 1. The van der Waals surface area contributed by atoms with E-state index in [1.165, 1.54) is 50.7 Å². The molecule has 103 heavy (non-hydrogen) atoms. The SMILES string of the molecule is COc1ccc2c(Cc3csc(Cl)n3)c3[n+](cc2c1OC)CCc1cc2c(cc1-3)OCO2.COc1ccc2c(Cc3csc(Cl)n3)c3n(c(=O)c2c1OC)CCc1cc2c(cc1-3)OCO2.COc1ccc2c(c1OC)C(CC(C)=O)N1CCc3cc4c(cc3C1=C2)OCO4.ClCc1csc(Cl)n1.[Cl-]. The maximum Gasteiger partial charge on any atom is 0.262 e. The van der Waals surface area contributed by atoms with Crippen LogP contribution >= 0.6 is 80.4 Å². The number of pyridine rings is 2. The highest BCUT2D eigenvalue weighted by atomic mass is 35.5. The lowest BCUT2D eigenvalue weighted by Gasteiger charge is -2.43. The summed E-state index contributed by atoms with van der Waals surface area (Å²) in [6.07, 6.45) is 8.40. The molecular weight excluding hydrogens is 1480 g/mol. The van der Waals surface area contributed by atoms with Gasteiger partial charge in [-0.3, -0.25) is 9.59 Å². The minimum Gasteiger partial charge on any atom is -1.00 e. The second-order valence-electron chi connectivity index (χ2n) is 24.5. The molecule has 0 fully saturated rings. The van der Waals surface area contributed by atoms with Crippen LogP contribution in [0, 0.1) is 0 Å². The predicted octanol–water partition coefficient (Wildman–Crippen LogP) is 12.8. The Morgan fingerprint density at radius 1 is 0.573 bits per heavy atom. The van der Waals surface area contributed by atoms with E-state index in [1.807, 2.05) is 63.2 Å². The maximum atomic E-state index is 13.8. The summed E-state index contributed by atoms with van der Waals surface area (Å²) in [6.45, 7) is 4.57. The van der Waals surface area contributed by atoms with Crippen molar-refractivity contribution in [3.63, 3.8) is 0 Å². The van der Waals surface area contributed by atoms with Crippen molar-refractivity contribution >= 4 is 120 Å². The van der Waals surface area contributed by atoms with Crippen LogP contribution < -0.4 is 79.4 Å². The third-order valence-corrected chi connectivity index (χ3v) is 22.3. The molecule has 12 heterocycles. The molecule has 6 aromatic carbocycles. The second-order valence-corrected chi connectivity index (χ2v) is 29.1. The van der Waals surface area contributed by atoms with E-state index in [9.17, 15) is 9.59 Å². The average molecular weight is 1550 g/mol. The number of fused-ring (bicyclic) bond motifs is 15. The van der Waals surface area contributed by atoms with Crippen LogP contribution in [0.3, 0.4) is 0 Å². The number of halogens is 5. The number of benzene rings is 6. The molecule has 11 aromatic rings. The van der Waals surface area contributed by atoms with E-state index in [2.05, 4.69) is 67.0 Å². The van der Waals surface area contributed by atoms with Gasteiger partial charge in [-0.05, 0) is 126 Å². The zero-order chi connectivity index (χ0) is 70.6. The largest absolute Gasteiger partial charge is 1.00 e. The fraction of sp³-hybridized carbons (Fsp3) is 0.280. The van der Waals surface area contributed by atoms with Crippen LogP contribution in [0.15, 0.2) is 99.9 Å². The first-order chi connectivity index (χ1) is 49.7. The topological polar surface area (TPSA) is 196 Å². The number of hydrogen-bond donors (Lipinski definition) is 0. The molecule has 0 N–H and O–H groups in total. The van der Waals surface area contributed by atoms with Crippen LogP contribution in [-0.2, 0) is 55.9 Å². The quantitative estimate of drug-likeness (QED) is 0.0780. The van der Waals surface area contributed by atoms with Crippen LogP contribution in [0.4, 0.5) is 0 Å². The second kappa shape index (κ2) is 30.0. The number of carbonyl (C=O) groups is 1. The van der Waals surface area contributed by atoms with Crippen LogP contribution in [-0.4, -0.2) is 99.8 Å². The first-order valence-corrected chi connectivity index (χ1v) is 36.8. The lowest BCUT2D eigenvalue weighted by atomic mass is 9.84. The van der Waals surface area contributed by atoms with E-state index in [0.29, 0.717) is 91.4 Å². The van der Waals surface area contributed by atoms with Crippen molar-refractivity contribution in [2.75, 3.05) is 69.6 Å². The molecule has 1 atom stereocenters. The molecule has 532 valence electrons. The van der Waals surface area contributed by atoms with Crippen LogP contribution in [0.2, 0.25) is 13.4 Å². The number of nitrogens with zero attached hydrogens (tertiary/aromatic N) is 6. The Kier molecular flexibility index (Phi) is 20.7. The standard InChI is InChI=1S/C24H19ClN2O5S.C24H20ClN2O4S.C23H23NO5.C4H3Cl2NS.ClH/c1-29-17-4-3-14-16(8-13-10-33-24(25)26-13)21-15-9-19-18(31-11-32-19)7-12(15)5-6-27(21)23(28)20(14)22(17)30-2;1-28-19-4-3-15-17(8-14-11-32-24(25)26-14)22-16-9-21-20(30-12-31-21)7-13(16)5-6-27(22)10-18(15)23(19)29-2;1-13(25)8-18-22-15(4-5-19(26-2)23(22)27-3)9-17-16-11-21-20(28-12-29-21)10-14(16)6-7-24(17)18;5-1-3-2-8-4(6)7-3;/h3-4,7,9-10H,5-6,8,11H2,1-2H3;3-4,7,9-11H,5-6,8,12H2,1-2H3;4-5,9-11,18H,6-8,12H2,1-3H3;2H,1H2;1H/q;+1;;;/p-1. The molecule has 5 aromatic heterocycles. The number of hydrogen-bond acceptors (Lipinski definition) is 21. The van der Waals surface area contributed by atoms with Gasteiger partial charge >= 0.3 is 0 Å². The number of rotatable bonds is 13. The van der Waals surface area contributed by atoms with Gasteiger partial charge in [0, 0.05) is 88.3 Å². The molecule has 1 unspecified atom stereocenters. The first kappa shape index (κ1) is 71.1. The molecule has 0 saturated carbocycles. The minimum atomic E-state index is -0.112. The highest BCUT2D eigenvalue weighted by molar-refractivity contribution is 7.14. The molecule has 28 heteroatoms. The number of aromatic nitrogens is 5. The van der Waals surface area contributed by atoms with E-state index < -0.39 is 0 Å². The van der Waals surface area contributed by atoms with E-state index in [4.69, 9.17) is 103 Å². The molecular formula is C75H65Cl5N6O14S3. The fourth-order valence-electron chi connectivity index (χ4n) is 14.5. The summed E-state index contributed by atoms with van der Waals surface area (Å²) in [5, 5.41) is 9.22. The molecule has 0 amide bonds. The van der Waals surface area contributed by atoms with Crippen LogP contribution in [0.25, 0.3) is 55.8 Å². The number of carbonyl (C=O) groups excluding carboxylic acids is 1. The van der Waals surface area contributed by atoms with Gasteiger partial charge < -0.3 is 78.7 Å². The molecule has 0 bridgehead atoms. The zero-order valence-electron chi connectivity index (χ0n) is 56.6. The summed E-state index contributed by atoms with van der Waals surface area (Å²) in [6, 6.07) is 24.0. The van der Waals surface area contributed by atoms with Crippen molar-refractivity contribution in [2.45, 2.75) is 70.5 Å². The molecule has 0 radical (unpaired) electrons. The lowest BCUT2D eigenvalue weighted by molar-refractivity contribution is -0.686. The smallest absolute Gasteiger partial charge is 0.262 e. The summed E-state index contributed by atoms with van der Waals surface area (Å²) >= 11 is 27.4. The number of methoxy groups -OCH3 is 6. The van der Waals surface area contributed by atoms with Crippen molar-refractivity contribution in [1.82, 2.24) is 24.4 Å².